The Morgan fingerprint density at radius 2 is 2.06 bits per heavy atom. The molecule has 170 valence electrons. The van der Waals surface area contributed by atoms with Gasteiger partial charge in [-0.3, -0.25) is 9.67 Å². The van der Waals surface area contributed by atoms with Gasteiger partial charge in [0.1, 0.15) is 12.5 Å². The van der Waals surface area contributed by atoms with Crippen molar-refractivity contribution in [3.8, 4) is 11.6 Å². The number of aromatic nitrogens is 3. The highest BCUT2D eigenvalue weighted by Gasteiger charge is 2.12. The van der Waals surface area contributed by atoms with Gasteiger partial charge in [-0.25, -0.2) is 4.98 Å². The van der Waals surface area contributed by atoms with Crippen LogP contribution in [0.5, 0.6) is 11.6 Å². The molecule has 32 heavy (non-hydrogen) atoms. The van der Waals surface area contributed by atoms with Crippen LogP contribution in [0.1, 0.15) is 12.0 Å². The summed E-state index contributed by atoms with van der Waals surface area (Å²) in [6, 6.07) is 10.5. The molecule has 0 atom stereocenters. The standard InChI is InChI=1S/C23H31N5O3Si/c1-32(2,3)13-12-30-17-26-21(8-9-24)18-4-7-23(25-15-18)31-20-5-6-22-19(14-20)16-27-28(22)10-11-29/h4-7,9,14-16,24,29H,8,10-13,17H2,1-3H3. The van der Waals surface area contributed by atoms with Crippen molar-refractivity contribution in [2.45, 2.75) is 38.7 Å². The number of nitrogens with one attached hydrogen (secondary N) is 1. The molecule has 0 aliphatic heterocycles. The summed E-state index contributed by atoms with van der Waals surface area (Å²) in [5.74, 6) is 1.13. The van der Waals surface area contributed by atoms with Crippen molar-refractivity contribution in [1.82, 2.24) is 14.8 Å². The average Bonchev–Trinajstić information content (AvgIpc) is 3.15. The Morgan fingerprint density at radius 3 is 2.75 bits per heavy atom. The normalized spacial score (nSPS) is 12.3. The molecule has 3 aromatic rings. The van der Waals surface area contributed by atoms with E-state index in [9.17, 15) is 0 Å². The first-order chi connectivity index (χ1) is 15.4. The van der Waals surface area contributed by atoms with E-state index < -0.39 is 8.07 Å². The zero-order valence-electron chi connectivity index (χ0n) is 18.9. The molecule has 2 aromatic heterocycles. The third kappa shape index (κ3) is 6.81. The van der Waals surface area contributed by atoms with Crippen molar-refractivity contribution >= 4 is 30.9 Å². The molecule has 0 fully saturated rings. The van der Waals surface area contributed by atoms with Gasteiger partial charge in [-0.2, -0.15) is 5.10 Å². The number of rotatable bonds is 12. The van der Waals surface area contributed by atoms with Gasteiger partial charge in [-0.15, -0.1) is 0 Å². The molecule has 0 spiro atoms. The van der Waals surface area contributed by atoms with Gasteiger partial charge in [0.15, 0.2) is 0 Å². The topological polar surface area (TPSA) is 106 Å². The van der Waals surface area contributed by atoms with Crippen LogP contribution in [0.3, 0.4) is 0 Å². The second kappa shape index (κ2) is 11.1. The number of nitrogens with zero attached hydrogens (tertiary/aromatic N) is 4. The Labute approximate surface area is 189 Å². The fraction of sp³-hybridized carbons (Fsp3) is 0.391. The van der Waals surface area contributed by atoms with E-state index in [1.54, 1.807) is 23.1 Å². The number of ether oxygens (including phenoxy) is 2. The Balaban J connectivity index is 1.64. The Bertz CT molecular complexity index is 1060. The highest BCUT2D eigenvalue weighted by atomic mass is 28.3. The van der Waals surface area contributed by atoms with Crippen LogP contribution in [0.2, 0.25) is 25.7 Å². The van der Waals surface area contributed by atoms with Crippen LogP contribution in [0, 0.1) is 5.41 Å². The van der Waals surface area contributed by atoms with Crippen molar-refractivity contribution < 1.29 is 14.6 Å². The van der Waals surface area contributed by atoms with E-state index in [1.807, 2.05) is 24.3 Å². The minimum absolute atomic E-state index is 0.0408. The van der Waals surface area contributed by atoms with Crippen molar-refractivity contribution in [3.63, 3.8) is 0 Å². The zero-order chi connectivity index (χ0) is 23.0. The average molecular weight is 454 g/mol. The predicted molar refractivity (Wildman–Crippen MR) is 130 cm³/mol. The van der Waals surface area contributed by atoms with Gasteiger partial charge in [-0.1, -0.05) is 19.6 Å². The zero-order valence-corrected chi connectivity index (χ0v) is 19.9. The lowest BCUT2D eigenvalue weighted by Crippen LogP contribution is -2.21. The molecule has 8 nitrogen and oxygen atoms in total. The summed E-state index contributed by atoms with van der Waals surface area (Å²) in [5, 5.41) is 21.8. The number of hydrogen-bond acceptors (Lipinski definition) is 7. The molecule has 0 unspecified atom stereocenters. The molecule has 0 amide bonds. The van der Waals surface area contributed by atoms with Crippen molar-refractivity contribution in [3.05, 3.63) is 48.3 Å². The highest BCUT2D eigenvalue weighted by Crippen LogP contribution is 2.25. The number of aliphatic hydroxyl groups excluding tert-OH is 1. The Hall–Kier alpha value is -2.88. The number of pyridine rings is 1. The molecular weight excluding hydrogens is 422 g/mol. The molecule has 0 aliphatic rings. The van der Waals surface area contributed by atoms with Crippen LogP contribution in [0.4, 0.5) is 0 Å². The van der Waals surface area contributed by atoms with Crippen LogP contribution in [0.15, 0.2) is 47.7 Å². The quantitative estimate of drug-likeness (QED) is 0.241. The highest BCUT2D eigenvalue weighted by molar-refractivity contribution is 6.76. The molecule has 2 N–H and O–H groups in total. The van der Waals surface area contributed by atoms with Crippen LogP contribution < -0.4 is 4.74 Å². The maximum atomic E-state index is 9.12. The third-order valence-electron chi connectivity index (χ3n) is 4.86. The molecule has 0 saturated carbocycles. The van der Waals surface area contributed by atoms with Gasteiger partial charge in [0.05, 0.1) is 30.6 Å². The molecule has 0 radical (unpaired) electrons. The molecule has 0 aliphatic carbocycles. The predicted octanol–water partition coefficient (Wildman–Crippen LogP) is 4.36. The summed E-state index contributed by atoms with van der Waals surface area (Å²) in [4.78, 5) is 8.92. The summed E-state index contributed by atoms with van der Waals surface area (Å²) in [5.41, 5.74) is 2.55. The number of fused-ring (bicyclic) bond motifs is 1. The maximum absolute atomic E-state index is 9.12. The Morgan fingerprint density at radius 1 is 1.22 bits per heavy atom. The van der Waals surface area contributed by atoms with E-state index in [-0.39, 0.29) is 13.3 Å². The summed E-state index contributed by atoms with van der Waals surface area (Å²) in [6.07, 6.45) is 5.21. The Kier molecular flexibility index (Phi) is 8.26. The second-order valence-corrected chi connectivity index (χ2v) is 14.3. The number of aliphatic hydroxyl groups is 1. The first-order valence-corrected chi connectivity index (χ1v) is 14.4. The van der Waals surface area contributed by atoms with Gasteiger partial charge in [0, 0.05) is 50.5 Å². The molecule has 1 aromatic carbocycles. The SMILES string of the molecule is C[Si](C)(C)CCOCN=C(CC=N)c1ccc(Oc2ccc3c(cnn3CCO)c2)nc1. The summed E-state index contributed by atoms with van der Waals surface area (Å²) in [7, 11) is -1.12. The van der Waals surface area contributed by atoms with Gasteiger partial charge in [-0.05, 0) is 30.3 Å². The summed E-state index contributed by atoms with van der Waals surface area (Å²) in [6.45, 7) is 8.45. The van der Waals surface area contributed by atoms with Crippen LogP contribution in [0.25, 0.3) is 10.9 Å². The number of aliphatic imine (C=N–C) groups is 1. The maximum Gasteiger partial charge on any atom is 0.219 e. The number of hydrogen-bond donors (Lipinski definition) is 2. The lowest BCUT2D eigenvalue weighted by molar-refractivity contribution is 0.155. The minimum atomic E-state index is -1.12. The van der Waals surface area contributed by atoms with E-state index >= 15 is 0 Å². The fourth-order valence-electron chi connectivity index (χ4n) is 3.07. The number of benzene rings is 1. The minimum Gasteiger partial charge on any atom is -0.439 e. The first-order valence-electron chi connectivity index (χ1n) is 10.7. The fourth-order valence-corrected chi connectivity index (χ4v) is 3.83. The van der Waals surface area contributed by atoms with E-state index in [0.29, 0.717) is 31.2 Å². The molecule has 3 rings (SSSR count). The lowest BCUT2D eigenvalue weighted by Gasteiger charge is -2.14. The van der Waals surface area contributed by atoms with E-state index in [1.165, 1.54) is 6.21 Å². The van der Waals surface area contributed by atoms with Crippen molar-refractivity contribution in [1.29, 1.82) is 5.41 Å². The van der Waals surface area contributed by atoms with Crippen LogP contribution >= 0.6 is 0 Å². The van der Waals surface area contributed by atoms with E-state index in [4.69, 9.17) is 20.0 Å². The molecule has 0 saturated heterocycles. The third-order valence-corrected chi connectivity index (χ3v) is 6.56. The van der Waals surface area contributed by atoms with E-state index in [2.05, 4.69) is 34.7 Å². The van der Waals surface area contributed by atoms with Gasteiger partial charge >= 0.3 is 0 Å². The largest absolute Gasteiger partial charge is 0.439 e. The van der Waals surface area contributed by atoms with Gasteiger partial charge in [0.25, 0.3) is 0 Å². The molecule has 9 heteroatoms. The lowest BCUT2D eigenvalue weighted by atomic mass is 10.1. The second-order valence-electron chi connectivity index (χ2n) is 8.66. The van der Waals surface area contributed by atoms with Crippen LogP contribution in [-0.4, -0.2) is 59.8 Å². The first kappa shape index (κ1) is 23.8. The molecule has 2 heterocycles. The van der Waals surface area contributed by atoms with Crippen molar-refractivity contribution in [2.75, 3.05) is 19.9 Å². The summed E-state index contributed by atoms with van der Waals surface area (Å²) >= 11 is 0. The van der Waals surface area contributed by atoms with E-state index in [0.717, 1.165) is 28.2 Å². The van der Waals surface area contributed by atoms with Crippen LogP contribution in [-0.2, 0) is 11.3 Å². The summed E-state index contributed by atoms with van der Waals surface area (Å²) < 4.78 is 13.3. The molecular formula is C23H31N5O3Si. The van der Waals surface area contributed by atoms with Gasteiger partial charge in [0.2, 0.25) is 5.88 Å². The smallest absolute Gasteiger partial charge is 0.219 e. The molecule has 0 bridgehead atoms. The monoisotopic (exact) mass is 453 g/mol. The van der Waals surface area contributed by atoms with Crippen molar-refractivity contribution in [2.24, 2.45) is 4.99 Å². The van der Waals surface area contributed by atoms with Gasteiger partial charge < -0.3 is 20.0 Å².